The molecule has 3 aliphatic rings. The molecule has 42 heavy (non-hydrogen) atoms. The van der Waals surface area contributed by atoms with E-state index in [1.807, 2.05) is 0 Å². The molecule has 1 saturated carbocycles. The van der Waals surface area contributed by atoms with Crippen LogP contribution in [0.25, 0.3) is 0 Å². The van der Waals surface area contributed by atoms with Crippen LogP contribution in [-0.4, -0.2) is 42.5 Å². The van der Waals surface area contributed by atoms with Crippen LogP contribution in [0.5, 0.6) is 0 Å². The molecule has 3 fully saturated rings. The molecule has 1 aliphatic carbocycles. The number of carbonyl (C=O) groups excluding carboxylic acids is 1. The van der Waals surface area contributed by atoms with Gasteiger partial charge in [0.2, 0.25) is 0 Å². The van der Waals surface area contributed by atoms with E-state index in [9.17, 15) is 27.5 Å². The fourth-order valence-electron chi connectivity index (χ4n) is 6.21. The number of benzene rings is 1. The molecular weight excluding hydrogens is 568 g/mol. The van der Waals surface area contributed by atoms with E-state index in [2.05, 4.69) is 11.4 Å². The number of allylic oxidation sites excluding steroid dienone is 1. The summed E-state index contributed by atoms with van der Waals surface area (Å²) in [4.78, 5) is 17.7. The second kappa shape index (κ2) is 14.2. The Morgan fingerprint density at radius 3 is 2.48 bits per heavy atom. The molecule has 2 saturated heterocycles. The minimum absolute atomic E-state index is 0.0321. The smallest absolute Gasteiger partial charge is 0.289 e. The van der Waals surface area contributed by atoms with Gasteiger partial charge in [0.05, 0.1) is 11.5 Å². The number of ether oxygens (including phenoxy) is 1. The van der Waals surface area contributed by atoms with Gasteiger partial charge in [-0.05, 0) is 86.6 Å². The van der Waals surface area contributed by atoms with Crippen LogP contribution in [0.2, 0.25) is 0 Å². The zero-order chi connectivity index (χ0) is 30.4. The second-order valence-corrected chi connectivity index (χ2v) is 13.2. The fraction of sp³-hybridized carbons (Fsp3) is 0.688. The molecule has 2 N–H and O–H groups in total. The van der Waals surface area contributed by atoms with Crippen molar-refractivity contribution < 1.29 is 32.2 Å². The lowest BCUT2D eigenvalue weighted by Gasteiger charge is -2.34. The number of halogens is 4. The zero-order valence-corrected chi connectivity index (χ0v) is 25.5. The van der Waals surface area contributed by atoms with E-state index in [1.54, 1.807) is 6.92 Å². The number of carbonyl (C=O) groups is 1. The van der Waals surface area contributed by atoms with E-state index in [1.165, 1.54) is 19.1 Å². The highest BCUT2D eigenvalue weighted by Gasteiger charge is 2.37. The van der Waals surface area contributed by atoms with E-state index >= 15 is 0 Å². The van der Waals surface area contributed by atoms with Gasteiger partial charge in [-0.1, -0.05) is 38.5 Å². The highest BCUT2D eigenvalue weighted by molar-refractivity contribution is 8.18. The highest BCUT2D eigenvalue weighted by Crippen LogP contribution is 2.41. The van der Waals surface area contributed by atoms with Crippen molar-refractivity contribution in [2.75, 3.05) is 26.4 Å². The minimum Gasteiger partial charge on any atom is -0.396 e. The van der Waals surface area contributed by atoms with Crippen molar-refractivity contribution in [3.8, 4) is 0 Å². The summed E-state index contributed by atoms with van der Waals surface area (Å²) >= 11 is 1.15. The molecule has 0 bridgehead atoms. The van der Waals surface area contributed by atoms with Gasteiger partial charge in [-0.25, -0.2) is 17.6 Å². The van der Waals surface area contributed by atoms with Crippen molar-refractivity contribution in [2.24, 2.45) is 22.2 Å². The second-order valence-electron chi connectivity index (χ2n) is 12.2. The first-order chi connectivity index (χ1) is 20.0. The largest absolute Gasteiger partial charge is 0.396 e. The van der Waals surface area contributed by atoms with Crippen LogP contribution in [0, 0.1) is 17.3 Å². The van der Waals surface area contributed by atoms with Gasteiger partial charge in [0.1, 0.15) is 5.84 Å². The van der Waals surface area contributed by atoms with Crippen LogP contribution in [0.3, 0.4) is 0 Å². The molecule has 1 amide bonds. The normalized spacial score (nSPS) is 25.3. The maximum Gasteiger partial charge on any atom is 0.289 e. The van der Waals surface area contributed by atoms with E-state index in [0.29, 0.717) is 43.5 Å². The van der Waals surface area contributed by atoms with Gasteiger partial charge in [-0.3, -0.25) is 9.79 Å². The van der Waals surface area contributed by atoms with Gasteiger partial charge in [-0.2, -0.15) is 0 Å². The van der Waals surface area contributed by atoms with Crippen molar-refractivity contribution in [3.05, 3.63) is 45.9 Å². The lowest BCUT2D eigenvalue weighted by Crippen LogP contribution is -2.36. The molecule has 234 valence electrons. The third-order valence-electron chi connectivity index (χ3n) is 9.15. The first-order valence-corrected chi connectivity index (χ1v) is 16.2. The number of hydrogen-bond donors (Lipinski definition) is 2. The van der Waals surface area contributed by atoms with Crippen LogP contribution in [-0.2, 0) is 23.0 Å². The van der Waals surface area contributed by atoms with E-state index in [-0.39, 0.29) is 47.1 Å². The van der Waals surface area contributed by atoms with E-state index < -0.39 is 18.3 Å². The number of nitrogens with one attached hydrogen (secondary N) is 1. The summed E-state index contributed by atoms with van der Waals surface area (Å²) in [6, 6.07) is 3.84. The molecule has 10 heteroatoms. The Balaban J connectivity index is 1.36. The molecule has 2 aliphatic heterocycles. The lowest BCUT2D eigenvalue weighted by atomic mass is 9.79. The maximum absolute atomic E-state index is 14.9. The Morgan fingerprint density at radius 1 is 1.12 bits per heavy atom. The fourth-order valence-corrected chi connectivity index (χ4v) is 7.03. The molecule has 1 aromatic carbocycles. The van der Waals surface area contributed by atoms with Gasteiger partial charge < -0.3 is 15.2 Å². The van der Waals surface area contributed by atoms with Crippen LogP contribution >= 0.6 is 11.8 Å². The number of amides is 1. The first-order valence-electron chi connectivity index (χ1n) is 15.3. The third-order valence-corrected chi connectivity index (χ3v) is 9.99. The summed E-state index contributed by atoms with van der Waals surface area (Å²) in [6.07, 6.45) is 7.96. The summed E-state index contributed by atoms with van der Waals surface area (Å²) in [5.41, 5.74) is -0.447. The van der Waals surface area contributed by atoms with Crippen LogP contribution < -0.4 is 5.32 Å². The van der Waals surface area contributed by atoms with Crippen molar-refractivity contribution >= 4 is 22.8 Å². The predicted molar refractivity (Wildman–Crippen MR) is 159 cm³/mol. The average Bonchev–Trinajstić information content (AvgIpc) is 3.34. The number of aliphatic imine (C=N–C) groups is 1. The number of aliphatic hydroxyl groups excluding tert-OH is 1. The summed E-state index contributed by atoms with van der Waals surface area (Å²) in [7, 11) is 0. The van der Waals surface area contributed by atoms with Gasteiger partial charge in [0.25, 0.3) is 17.1 Å². The number of thioether (sulfide) groups is 1. The predicted octanol–water partition coefficient (Wildman–Crippen LogP) is 8.35. The Hall–Kier alpha value is -1.91. The van der Waals surface area contributed by atoms with Crippen LogP contribution in [0.4, 0.5) is 22.4 Å². The van der Waals surface area contributed by atoms with Crippen molar-refractivity contribution in [1.29, 1.82) is 0 Å². The maximum atomic E-state index is 14.9. The van der Waals surface area contributed by atoms with Crippen LogP contribution in [0.1, 0.15) is 94.7 Å². The topological polar surface area (TPSA) is 70.9 Å². The number of alkyl halides is 4. The van der Waals surface area contributed by atoms with E-state index in [4.69, 9.17) is 9.73 Å². The monoisotopic (exact) mass is 612 g/mol. The van der Waals surface area contributed by atoms with Crippen LogP contribution in [0.15, 0.2) is 34.2 Å². The van der Waals surface area contributed by atoms with Gasteiger partial charge in [0.15, 0.2) is 0 Å². The molecule has 0 spiro atoms. The Labute approximate surface area is 251 Å². The zero-order valence-electron chi connectivity index (χ0n) is 24.7. The Bertz CT molecular complexity index is 1140. The minimum atomic E-state index is -3.15. The number of nitrogens with zero attached hydrogens (tertiary/aromatic N) is 1. The number of hydrogen-bond acceptors (Lipinski definition) is 5. The SMILES string of the molecule is CCCC(F)(F)c1ccc(CCC2CCC(C=C3SC(=O)NC3=NCC3(CO)CCOCC3)CC2)c(C(F)(F)CC)c1. The molecule has 1 aromatic rings. The van der Waals surface area contributed by atoms with Crippen molar-refractivity contribution in [1.82, 2.24) is 5.32 Å². The molecule has 2 heterocycles. The molecule has 4 rings (SSSR count). The van der Waals surface area contributed by atoms with Gasteiger partial charge >= 0.3 is 0 Å². The summed E-state index contributed by atoms with van der Waals surface area (Å²) < 4.78 is 64.2. The molecular formula is C32H44F4N2O3S. The summed E-state index contributed by atoms with van der Waals surface area (Å²) in [6.45, 7) is 4.70. The molecule has 5 nitrogen and oxygen atoms in total. The number of aryl methyl sites for hydroxylation is 1. The summed E-state index contributed by atoms with van der Waals surface area (Å²) in [5, 5.41) is 12.7. The third kappa shape index (κ3) is 8.17. The Morgan fingerprint density at radius 2 is 1.83 bits per heavy atom. The van der Waals surface area contributed by atoms with E-state index in [0.717, 1.165) is 67.7 Å². The average molecular weight is 613 g/mol. The number of amidine groups is 1. The molecule has 0 atom stereocenters. The summed E-state index contributed by atoms with van der Waals surface area (Å²) in [5.74, 6) is -5.04. The Kier molecular flexibility index (Phi) is 11.2. The van der Waals surface area contributed by atoms with Gasteiger partial charge in [-0.15, -0.1) is 0 Å². The lowest BCUT2D eigenvalue weighted by molar-refractivity contribution is -0.0188. The standard InChI is InChI=1S/C32H44F4N2O3S/c1-3-13-32(35,36)25-12-11-24(26(19-25)31(33,34)4-2)10-9-22-5-7-23(8-6-22)18-27-28(38-29(40)42-27)37-20-30(21-39)14-16-41-17-15-30/h11-12,18-19,22-23,39H,3-10,13-17,20-21H2,1-2H3,(H,37,38,40). The highest BCUT2D eigenvalue weighted by atomic mass is 32.2. The molecule has 0 unspecified atom stereocenters. The van der Waals surface area contributed by atoms with Crippen molar-refractivity contribution in [2.45, 2.75) is 96.3 Å². The molecule has 0 radical (unpaired) electrons. The quantitative estimate of drug-likeness (QED) is 0.233. The number of aliphatic hydroxyl groups is 1. The molecule has 0 aromatic heterocycles. The number of rotatable bonds is 12. The first kappa shape index (κ1) is 33.0. The van der Waals surface area contributed by atoms with Gasteiger partial charge in [0, 0.05) is 49.1 Å². The van der Waals surface area contributed by atoms with Crippen molar-refractivity contribution in [3.63, 3.8) is 0 Å².